The third-order valence-electron chi connectivity index (χ3n) is 3.03. The summed E-state index contributed by atoms with van der Waals surface area (Å²) in [4.78, 5) is 0. The van der Waals surface area contributed by atoms with Gasteiger partial charge in [-0.25, -0.2) is 9.07 Å². The second-order valence-electron chi connectivity index (χ2n) is 4.34. The molecule has 3 aromatic rings. The summed E-state index contributed by atoms with van der Waals surface area (Å²) in [6.07, 6.45) is -0.917. The predicted octanol–water partition coefficient (Wildman–Crippen LogP) is 2.61. The average Bonchev–Trinajstić information content (AvgIpc) is 2.81. The molecule has 0 amide bonds. The number of halogens is 1. The number of benzene rings is 2. The molecule has 0 saturated carbocycles. The van der Waals surface area contributed by atoms with Crippen LogP contribution in [0.15, 0.2) is 42.5 Å². The molecular formula is C14H12FN3O. The number of hydrogen-bond acceptors (Lipinski definition) is 3. The van der Waals surface area contributed by atoms with Crippen LogP contribution in [0.2, 0.25) is 0 Å². The number of para-hydroxylation sites is 1. The third-order valence-corrected chi connectivity index (χ3v) is 3.03. The van der Waals surface area contributed by atoms with Gasteiger partial charge in [0.2, 0.25) is 0 Å². The number of nitrogens with zero attached hydrogens (tertiary/aromatic N) is 3. The topological polar surface area (TPSA) is 50.9 Å². The van der Waals surface area contributed by atoms with Crippen molar-refractivity contribution < 1.29 is 9.50 Å². The van der Waals surface area contributed by atoms with Crippen LogP contribution in [0, 0.1) is 5.82 Å². The van der Waals surface area contributed by atoms with Gasteiger partial charge in [-0.15, -0.1) is 5.10 Å². The highest BCUT2D eigenvalue weighted by Gasteiger charge is 2.17. The summed E-state index contributed by atoms with van der Waals surface area (Å²) in [7, 11) is 0. The number of aromatic nitrogens is 3. The molecular weight excluding hydrogens is 245 g/mol. The van der Waals surface area contributed by atoms with E-state index >= 15 is 0 Å². The number of aliphatic hydroxyl groups is 1. The molecule has 0 radical (unpaired) electrons. The van der Waals surface area contributed by atoms with Gasteiger partial charge in [-0.1, -0.05) is 23.4 Å². The molecule has 1 N–H and O–H groups in total. The van der Waals surface area contributed by atoms with Crippen LogP contribution in [0.1, 0.15) is 18.6 Å². The monoisotopic (exact) mass is 257 g/mol. The fourth-order valence-electron chi connectivity index (χ4n) is 2.17. The summed E-state index contributed by atoms with van der Waals surface area (Å²) in [5.41, 5.74) is 2.22. The van der Waals surface area contributed by atoms with Gasteiger partial charge in [-0.2, -0.15) is 0 Å². The van der Waals surface area contributed by atoms with Crippen molar-refractivity contribution in [1.29, 1.82) is 0 Å². The van der Waals surface area contributed by atoms with Crippen LogP contribution >= 0.6 is 0 Å². The van der Waals surface area contributed by atoms with Crippen molar-refractivity contribution in [2.45, 2.75) is 13.0 Å². The third kappa shape index (κ3) is 1.88. The standard InChI is InChI=1S/C14H12FN3O/c1-9(19)14-10(15)5-4-8-13(14)18-12-7-3-2-6-11(12)16-17-18/h2-9,19H,1H3/t9-/m0/s1. The van der Waals surface area contributed by atoms with Gasteiger partial charge in [0.15, 0.2) is 0 Å². The lowest BCUT2D eigenvalue weighted by molar-refractivity contribution is 0.194. The second-order valence-corrected chi connectivity index (χ2v) is 4.34. The highest BCUT2D eigenvalue weighted by Crippen LogP contribution is 2.26. The summed E-state index contributed by atoms with van der Waals surface area (Å²) >= 11 is 0. The maximum absolute atomic E-state index is 13.9. The molecule has 4 nitrogen and oxygen atoms in total. The molecule has 1 aromatic heterocycles. The van der Waals surface area contributed by atoms with E-state index in [-0.39, 0.29) is 5.56 Å². The minimum absolute atomic E-state index is 0.221. The largest absolute Gasteiger partial charge is 0.389 e. The summed E-state index contributed by atoms with van der Waals surface area (Å²) in [6, 6.07) is 12.0. The van der Waals surface area contributed by atoms with Crippen LogP contribution in [0.4, 0.5) is 4.39 Å². The van der Waals surface area contributed by atoms with E-state index in [1.54, 1.807) is 16.8 Å². The van der Waals surface area contributed by atoms with E-state index in [1.165, 1.54) is 13.0 Å². The molecule has 1 atom stereocenters. The van der Waals surface area contributed by atoms with Gasteiger partial charge < -0.3 is 5.11 Å². The Morgan fingerprint density at radius 3 is 2.74 bits per heavy atom. The normalized spacial score (nSPS) is 12.8. The molecule has 0 aliphatic heterocycles. The zero-order valence-corrected chi connectivity index (χ0v) is 10.3. The molecule has 0 bridgehead atoms. The molecule has 19 heavy (non-hydrogen) atoms. The van der Waals surface area contributed by atoms with Gasteiger partial charge in [0.05, 0.1) is 17.3 Å². The zero-order chi connectivity index (χ0) is 13.4. The molecule has 96 valence electrons. The summed E-state index contributed by atoms with van der Waals surface area (Å²) < 4.78 is 15.4. The van der Waals surface area contributed by atoms with Crippen molar-refractivity contribution in [3.8, 4) is 5.69 Å². The minimum Gasteiger partial charge on any atom is -0.389 e. The van der Waals surface area contributed by atoms with Gasteiger partial charge in [0.25, 0.3) is 0 Å². The summed E-state index contributed by atoms with van der Waals surface area (Å²) in [5.74, 6) is -0.452. The fourth-order valence-corrected chi connectivity index (χ4v) is 2.17. The number of rotatable bonds is 2. The smallest absolute Gasteiger partial charge is 0.131 e. The Bertz CT molecular complexity index is 736. The fraction of sp³-hybridized carbons (Fsp3) is 0.143. The van der Waals surface area contributed by atoms with Crippen LogP contribution in [0.5, 0.6) is 0 Å². The molecule has 0 aliphatic carbocycles. The van der Waals surface area contributed by atoms with E-state index in [2.05, 4.69) is 10.3 Å². The van der Waals surface area contributed by atoms with Gasteiger partial charge >= 0.3 is 0 Å². The van der Waals surface area contributed by atoms with Gasteiger partial charge in [-0.3, -0.25) is 0 Å². The lowest BCUT2D eigenvalue weighted by Crippen LogP contribution is -2.06. The number of aliphatic hydroxyl groups excluding tert-OH is 1. The first-order valence-electron chi connectivity index (χ1n) is 5.96. The van der Waals surface area contributed by atoms with Crippen molar-refractivity contribution in [3.63, 3.8) is 0 Å². The van der Waals surface area contributed by atoms with E-state index in [9.17, 15) is 9.50 Å². The van der Waals surface area contributed by atoms with Crippen LogP contribution in [0.3, 0.4) is 0 Å². The second kappa shape index (κ2) is 4.44. The SMILES string of the molecule is C[C@H](O)c1c(F)cccc1-n1nnc2ccccc21. The van der Waals surface area contributed by atoms with E-state index < -0.39 is 11.9 Å². The molecule has 5 heteroatoms. The quantitative estimate of drug-likeness (QED) is 0.767. The maximum atomic E-state index is 13.9. The average molecular weight is 257 g/mol. The van der Waals surface area contributed by atoms with Crippen molar-refractivity contribution >= 4 is 11.0 Å². The van der Waals surface area contributed by atoms with Gasteiger partial charge in [0, 0.05) is 5.56 Å². The van der Waals surface area contributed by atoms with E-state index in [0.717, 1.165) is 11.0 Å². The number of fused-ring (bicyclic) bond motifs is 1. The Morgan fingerprint density at radius 2 is 1.95 bits per heavy atom. The molecule has 3 rings (SSSR count). The van der Waals surface area contributed by atoms with Gasteiger partial charge in [-0.05, 0) is 31.2 Å². The van der Waals surface area contributed by atoms with Gasteiger partial charge in [0.1, 0.15) is 11.3 Å². The van der Waals surface area contributed by atoms with Crippen LogP contribution in [-0.4, -0.2) is 20.1 Å². The van der Waals surface area contributed by atoms with E-state index in [0.29, 0.717) is 5.69 Å². The first kappa shape index (κ1) is 11.8. The van der Waals surface area contributed by atoms with Crippen molar-refractivity contribution in [2.24, 2.45) is 0 Å². The molecule has 0 fully saturated rings. The van der Waals surface area contributed by atoms with Crippen molar-refractivity contribution in [3.05, 3.63) is 53.8 Å². The zero-order valence-electron chi connectivity index (χ0n) is 10.3. The Hall–Kier alpha value is -2.27. The Morgan fingerprint density at radius 1 is 1.16 bits per heavy atom. The molecule has 0 aliphatic rings. The Labute approximate surface area is 109 Å². The maximum Gasteiger partial charge on any atom is 0.131 e. The highest BCUT2D eigenvalue weighted by molar-refractivity contribution is 5.76. The molecule has 0 spiro atoms. The highest BCUT2D eigenvalue weighted by atomic mass is 19.1. The minimum atomic E-state index is -0.917. The molecule has 2 aromatic carbocycles. The summed E-state index contributed by atoms with van der Waals surface area (Å²) in [5, 5.41) is 17.8. The van der Waals surface area contributed by atoms with E-state index in [1.807, 2.05) is 24.3 Å². The molecule has 1 heterocycles. The Kier molecular flexibility index (Phi) is 2.76. The van der Waals surface area contributed by atoms with E-state index in [4.69, 9.17) is 0 Å². The van der Waals surface area contributed by atoms with Crippen LogP contribution in [0.25, 0.3) is 16.7 Å². The first-order valence-corrected chi connectivity index (χ1v) is 5.96. The Balaban J connectivity index is 2.30. The number of hydrogen-bond donors (Lipinski definition) is 1. The van der Waals surface area contributed by atoms with Crippen LogP contribution < -0.4 is 0 Å². The lowest BCUT2D eigenvalue weighted by atomic mass is 10.1. The molecule has 0 unspecified atom stereocenters. The first-order chi connectivity index (χ1) is 9.18. The van der Waals surface area contributed by atoms with Crippen molar-refractivity contribution in [1.82, 2.24) is 15.0 Å². The van der Waals surface area contributed by atoms with Crippen molar-refractivity contribution in [2.75, 3.05) is 0 Å². The predicted molar refractivity (Wildman–Crippen MR) is 69.5 cm³/mol. The van der Waals surface area contributed by atoms with Crippen LogP contribution in [-0.2, 0) is 0 Å². The molecule has 0 saturated heterocycles. The lowest BCUT2D eigenvalue weighted by Gasteiger charge is -2.13. The summed E-state index contributed by atoms with van der Waals surface area (Å²) in [6.45, 7) is 1.53.